The van der Waals surface area contributed by atoms with E-state index in [1.165, 1.54) is 12.1 Å². The molecule has 2 aromatic rings. The Balaban J connectivity index is 2.16. The first-order chi connectivity index (χ1) is 10.1. The average molecular weight is 288 g/mol. The fraction of sp³-hybridized carbons (Fsp3) is 0.235. The molecule has 4 heteroatoms. The molecule has 1 atom stereocenters. The molecule has 0 amide bonds. The molecule has 0 saturated heterocycles. The van der Waals surface area contributed by atoms with Crippen LogP contribution in [-0.2, 0) is 17.6 Å². The zero-order valence-corrected chi connectivity index (χ0v) is 11.8. The summed E-state index contributed by atoms with van der Waals surface area (Å²) in [4.78, 5) is 11.5. The van der Waals surface area contributed by atoms with Crippen LogP contribution < -0.4 is 4.74 Å². The van der Waals surface area contributed by atoms with E-state index in [9.17, 15) is 14.3 Å². The van der Waals surface area contributed by atoms with E-state index in [0.717, 1.165) is 11.1 Å². The zero-order chi connectivity index (χ0) is 15.2. The average Bonchev–Trinajstić information content (AvgIpc) is 2.49. The van der Waals surface area contributed by atoms with Gasteiger partial charge in [-0.05, 0) is 42.2 Å². The van der Waals surface area contributed by atoms with Crippen molar-refractivity contribution in [2.45, 2.75) is 12.8 Å². The van der Waals surface area contributed by atoms with Gasteiger partial charge in [0.05, 0.1) is 13.0 Å². The highest BCUT2D eigenvalue weighted by Crippen LogP contribution is 2.23. The number of carboxylic acids is 1. The molecule has 1 N–H and O–H groups in total. The first-order valence-corrected chi connectivity index (χ1v) is 6.69. The second kappa shape index (κ2) is 6.88. The van der Waals surface area contributed by atoms with Gasteiger partial charge in [0.15, 0.2) is 0 Å². The van der Waals surface area contributed by atoms with Crippen LogP contribution in [0.5, 0.6) is 5.75 Å². The Morgan fingerprint density at radius 3 is 2.43 bits per heavy atom. The molecule has 0 radical (unpaired) electrons. The normalized spacial score (nSPS) is 11.9. The molecular weight excluding hydrogens is 271 g/mol. The van der Waals surface area contributed by atoms with E-state index in [1.54, 1.807) is 19.2 Å². The number of benzene rings is 2. The lowest BCUT2D eigenvalue weighted by Crippen LogP contribution is -2.19. The van der Waals surface area contributed by atoms with Gasteiger partial charge < -0.3 is 9.84 Å². The Morgan fingerprint density at radius 1 is 1.14 bits per heavy atom. The maximum atomic E-state index is 12.9. The van der Waals surface area contributed by atoms with E-state index in [0.29, 0.717) is 18.6 Å². The summed E-state index contributed by atoms with van der Waals surface area (Å²) in [5.74, 6) is -1.09. The molecule has 2 rings (SSSR count). The second-order valence-electron chi connectivity index (χ2n) is 4.88. The number of hydrogen-bond donors (Lipinski definition) is 1. The van der Waals surface area contributed by atoms with Crippen molar-refractivity contribution in [2.75, 3.05) is 7.11 Å². The van der Waals surface area contributed by atoms with Crippen molar-refractivity contribution in [2.24, 2.45) is 5.92 Å². The fourth-order valence-corrected chi connectivity index (χ4v) is 2.29. The Bertz CT molecular complexity index is 608. The smallest absolute Gasteiger partial charge is 0.307 e. The lowest BCUT2D eigenvalue weighted by Gasteiger charge is -2.15. The maximum Gasteiger partial charge on any atom is 0.307 e. The van der Waals surface area contributed by atoms with Crippen LogP contribution in [0.1, 0.15) is 11.1 Å². The van der Waals surface area contributed by atoms with Crippen LogP contribution in [0.2, 0.25) is 0 Å². The number of ether oxygens (including phenoxy) is 1. The standard InChI is InChI=1S/C17H17FO3/c1-21-16-5-3-2-4-13(16)11-14(17(19)20)10-12-6-8-15(18)9-7-12/h2-9,14H,10-11H2,1H3,(H,19,20). The van der Waals surface area contributed by atoms with Crippen molar-refractivity contribution in [1.29, 1.82) is 0 Å². The van der Waals surface area contributed by atoms with Gasteiger partial charge in [-0.2, -0.15) is 0 Å². The third-order valence-corrected chi connectivity index (χ3v) is 3.40. The summed E-state index contributed by atoms with van der Waals surface area (Å²) < 4.78 is 18.1. The van der Waals surface area contributed by atoms with Gasteiger partial charge in [0.2, 0.25) is 0 Å². The summed E-state index contributed by atoms with van der Waals surface area (Å²) >= 11 is 0. The summed E-state index contributed by atoms with van der Waals surface area (Å²) in [6.07, 6.45) is 0.727. The van der Waals surface area contributed by atoms with E-state index in [-0.39, 0.29) is 5.82 Å². The molecule has 110 valence electrons. The highest BCUT2D eigenvalue weighted by Gasteiger charge is 2.20. The number of carboxylic acid groups (broad SMARTS) is 1. The fourth-order valence-electron chi connectivity index (χ4n) is 2.29. The number of halogens is 1. The summed E-state index contributed by atoms with van der Waals surface area (Å²) in [6.45, 7) is 0. The first kappa shape index (κ1) is 15.0. The third kappa shape index (κ3) is 4.05. The number of aliphatic carboxylic acids is 1. The van der Waals surface area contributed by atoms with Crippen LogP contribution in [-0.4, -0.2) is 18.2 Å². The Labute approximate surface area is 123 Å². The first-order valence-electron chi connectivity index (χ1n) is 6.69. The molecule has 21 heavy (non-hydrogen) atoms. The van der Waals surface area contributed by atoms with Gasteiger partial charge in [-0.3, -0.25) is 4.79 Å². The minimum Gasteiger partial charge on any atom is -0.496 e. The van der Waals surface area contributed by atoms with Crippen LogP contribution >= 0.6 is 0 Å². The highest BCUT2D eigenvalue weighted by atomic mass is 19.1. The molecule has 1 unspecified atom stereocenters. The summed E-state index contributed by atoms with van der Waals surface area (Å²) in [5, 5.41) is 9.40. The SMILES string of the molecule is COc1ccccc1CC(Cc1ccc(F)cc1)C(=O)O. The molecule has 0 saturated carbocycles. The summed E-state index contributed by atoms with van der Waals surface area (Å²) in [7, 11) is 1.56. The van der Waals surface area contributed by atoms with Crippen molar-refractivity contribution >= 4 is 5.97 Å². The molecule has 0 spiro atoms. The Hall–Kier alpha value is -2.36. The van der Waals surface area contributed by atoms with Crippen molar-refractivity contribution in [1.82, 2.24) is 0 Å². The van der Waals surface area contributed by atoms with Crippen molar-refractivity contribution in [3.63, 3.8) is 0 Å². The molecule has 0 bridgehead atoms. The minimum absolute atomic E-state index is 0.324. The number of para-hydroxylation sites is 1. The van der Waals surface area contributed by atoms with Crippen LogP contribution in [0.25, 0.3) is 0 Å². The van der Waals surface area contributed by atoms with Crippen LogP contribution in [0, 0.1) is 11.7 Å². The van der Waals surface area contributed by atoms with Gasteiger partial charge >= 0.3 is 5.97 Å². The van der Waals surface area contributed by atoms with E-state index in [4.69, 9.17) is 4.74 Å². The van der Waals surface area contributed by atoms with Crippen LogP contribution in [0.3, 0.4) is 0 Å². The quantitative estimate of drug-likeness (QED) is 0.887. The number of rotatable bonds is 6. The van der Waals surface area contributed by atoms with Gasteiger partial charge in [-0.25, -0.2) is 4.39 Å². The molecule has 0 aliphatic heterocycles. The molecule has 2 aromatic carbocycles. The number of hydrogen-bond acceptors (Lipinski definition) is 2. The van der Waals surface area contributed by atoms with Gasteiger partial charge in [-0.1, -0.05) is 30.3 Å². The van der Waals surface area contributed by atoms with Gasteiger partial charge in [0, 0.05) is 0 Å². The predicted octanol–water partition coefficient (Wildman–Crippen LogP) is 3.32. The summed E-state index contributed by atoms with van der Waals surface area (Å²) in [5.41, 5.74) is 1.66. The minimum atomic E-state index is -0.870. The maximum absolute atomic E-state index is 12.9. The van der Waals surface area contributed by atoms with E-state index in [1.807, 2.05) is 24.3 Å². The van der Waals surface area contributed by atoms with Crippen LogP contribution in [0.4, 0.5) is 4.39 Å². The van der Waals surface area contributed by atoms with Crippen molar-refractivity contribution < 1.29 is 19.0 Å². The molecule has 0 aliphatic rings. The van der Waals surface area contributed by atoms with E-state index >= 15 is 0 Å². The summed E-state index contributed by atoms with van der Waals surface area (Å²) in [6, 6.07) is 13.3. The Morgan fingerprint density at radius 2 is 1.81 bits per heavy atom. The lowest BCUT2D eigenvalue weighted by atomic mass is 9.92. The van der Waals surface area contributed by atoms with Gasteiger partial charge in [0.25, 0.3) is 0 Å². The molecule has 0 heterocycles. The number of carbonyl (C=O) groups is 1. The van der Waals surface area contributed by atoms with Gasteiger partial charge in [0.1, 0.15) is 11.6 Å². The molecule has 0 aromatic heterocycles. The van der Waals surface area contributed by atoms with Crippen LogP contribution in [0.15, 0.2) is 48.5 Å². The molecule has 3 nitrogen and oxygen atoms in total. The molecule has 0 fully saturated rings. The second-order valence-corrected chi connectivity index (χ2v) is 4.88. The van der Waals surface area contributed by atoms with Crippen molar-refractivity contribution in [3.05, 3.63) is 65.5 Å². The predicted molar refractivity (Wildman–Crippen MR) is 77.9 cm³/mol. The lowest BCUT2D eigenvalue weighted by molar-refractivity contribution is -0.141. The number of methoxy groups -OCH3 is 1. The Kier molecular flexibility index (Phi) is 4.93. The molecule has 0 aliphatic carbocycles. The van der Waals surface area contributed by atoms with Gasteiger partial charge in [-0.15, -0.1) is 0 Å². The monoisotopic (exact) mass is 288 g/mol. The van der Waals surface area contributed by atoms with Crippen molar-refractivity contribution in [3.8, 4) is 5.75 Å². The third-order valence-electron chi connectivity index (χ3n) is 3.40. The largest absolute Gasteiger partial charge is 0.496 e. The topological polar surface area (TPSA) is 46.5 Å². The van der Waals surface area contributed by atoms with E-state index in [2.05, 4.69) is 0 Å². The zero-order valence-electron chi connectivity index (χ0n) is 11.8. The van der Waals surface area contributed by atoms with E-state index < -0.39 is 11.9 Å². The highest BCUT2D eigenvalue weighted by molar-refractivity contribution is 5.71. The molecular formula is C17H17FO3.